The van der Waals surface area contributed by atoms with Gasteiger partial charge in [-0.25, -0.2) is 0 Å². The number of hydrogen-bond donors (Lipinski definition) is 3. The molecule has 3 N–H and O–H groups in total. The Morgan fingerprint density at radius 3 is 2.68 bits per heavy atom. The van der Waals surface area contributed by atoms with Gasteiger partial charge in [-0.2, -0.15) is 0 Å². The van der Waals surface area contributed by atoms with Crippen LogP contribution in [0.25, 0.3) is 0 Å². The molecule has 6 nitrogen and oxygen atoms in total. The number of piperidine rings is 1. The minimum Gasteiger partial charge on any atom is -0.375 e. The Kier molecular flexibility index (Phi) is 6.80. The standard InChI is InChI=1S/C13H25N3O3/c1-9(2)12(16-11(17)8-19-3)13(18)15-10-5-4-6-14-7-10/h9-10,12,14H,4-8H2,1-3H3,(H,15,18)(H,16,17)/t10-,12-/m0/s1. The molecule has 110 valence electrons. The van der Waals surface area contributed by atoms with Crippen molar-refractivity contribution in [1.29, 1.82) is 0 Å². The number of carbonyl (C=O) groups excluding carboxylic acids is 2. The molecule has 1 heterocycles. The quantitative estimate of drug-likeness (QED) is 0.616. The third-order valence-corrected chi connectivity index (χ3v) is 3.18. The summed E-state index contributed by atoms with van der Waals surface area (Å²) in [5.74, 6) is -0.344. The lowest BCUT2D eigenvalue weighted by molar-refractivity contribution is -0.132. The summed E-state index contributed by atoms with van der Waals surface area (Å²) in [5, 5.41) is 8.95. The predicted octanol–water partition coefficient (Wildman–Crippen LogP) is -0.358. The van der Waals surface area contributed by atoms with E-state index in [2.05, 4.69) is 16.0 Å². The van der Waals surface area contributed by atoms with Crippen molar-refractivity contribution in [2.75, 3.05) is 26.8 Å². The summed E-state index contributed by atoms with van der Waals surface area (Å²) < 4.78 is 4.76. The van der Waals surface area contributed by atoms with Crippen molar-refractivity contribution in [3.8, 4) is 0 Å². The predicted molar refractivity (Wildman–Crippen MR) is 72.7 cm³/mol. The van der Waals surface area contributed by atoms with E-state index in [1.165, 1.54) is 7.11 Å². The molecule has 0 aromatic carbocycles. The second-order valence-corrected chi connectivity index (χ2v) is 5.27. The Bertz CT molecular complexity index is 302. The summed E-state index contributed by atoms with van der Waals surface area (Å²) in [6.07, 6.45) is 2.04. The van der Waals surface area contributed by atoms with Crippen molar-refractivity contribution < 1.29 is 14.3 Å². The van der Waals surface area contributed by atoms with Gasteiger partial charge in [-0.1, -0.05) is 13.8 Å². The Balaban J connectivity index is 2.49. The first-order valence-electron chi connectivity index (χ1n) is 6.84. The largest absolute Gasteiger partial charge is 0.375 e. The number of methoxy groups -OCH3 is 1. The summed E-state index contributed by atoms with van der Waals surface area (Å²) in [4.78, 5) is 23.7. The van der Waals surface area contributed by atoms with Crippen LogP contribution in [0.5, 0.6) is 0 Å². The topological polar surface area (TPSA) is 79.5 Å². The van der Waals surface area contributed by atoms with Gasteiger partial charge >= 0.3 is 0 Å². The molecule has 0 bridgehead atoms. The molecule has 6 heteroatoms. The fourth-order valence-electron chi connectivity index (χ4n) is 2.15. The average Bonchev–Trinajstić information content (AvgIpc) is 2.37. The fourth-order valence-corrected chi connectivity index (χ4v) is 2.15. The summed E-state index contributed by atoms with van der Waals surface area (Å²) in [7, 11) is 1.46. The van der Waals surface area contributed by atoms with Crippen molar-refractivity contribution in [3.05, 3.63) is 0 Å². The third kappa shape index (κ3) is 5.57. The van der Waals surface area contributed by atoms with Crippen molar-refractivity contribution >= 4 is 11.8 Å². The number of rotatable bonds is 6. The van der Waals surface area contributed by atoms with Crippen LogP contribution in [0, 0.1) is 5.92 Å². The molecule has 1 fully saturated rings. The van der Waals surface area contributed by atoms with E-state index in [-0.39, 0.29) is 30.4 Å². The van der Waals surface area contributed by atoms with Crippen LogP contribution in [0.2, 0.25) is 0 Å². The highest BCUT2D eigenvalue weighted by atomic mass is 16.5. The first kappa shape index (κ1) is 15.9. The fraction of sp³-hybridized carbons (Fsp3) is 0.846. The van der Waals surface area contributed by atoms with Gasteiger partial charge < -0.3 is 20.7 Å². The van der Waals surface area contributed by atoms with Gasteiger partial charge in [-0.15, -0.1) is 0 Å². The molecule has 2 amide bonds. The molecule has 0 unspecified atom stereocenters. The number of carbonyl (C=O) groups is 2. The van der Waals surface area contributed by atoms with E-state index in [9.17, 15) is 9.59 Å². The number of hydrogen-bond acceptors (Lipinski definition) is 4. The molecule has 0 aromatic rings. The van der Waals surface area contributed by atoms with Gasteiger partial charge in [0.15, 0.2) is 0 Å². The highest BCUT2D eigenvalue weighted by molar-refractivity contribution is 5.88. The van der Waals surface area contributed by atoms with E-state index in [0.29, 0.717) is 0 Å². The van der Waals surface area contributed by atoms with Gasteiger partial charge in [0.05, 0.1) is 0 Å². The van der Waals surface area contributed by atoms with Crippen LogP contribution in [0.15, 0.2) is 0 Å². The summed E-state index contributed by atoms with van der Waals surface area (Å²) in [6.45, 7) is 5.60. The normalized spacial score (nSPS) is 20.9. The van der Waals surface area contributed by atoms with Crippen LogP contribution in [0.1, 0.15) is 26.7 Å². The lowest BCUT2D eigenvalue weighted by atomic mass is 10.0. The monoisotopic (exact) mass is 271 g/mol. The molecule has 1 saturated heterocycles. The maximum absolute atomic E-state index is 12.2. The molecule has 0 spiro atoms. The first-order valence-corrected chi connectivity index (χ1v) is 6.84. The lowest BCUT2D eigenvalue weighted by Crippen LogP contribution is -2.55. The van der Waals surface area contributed by atoms with Gasteiger partial charge in [0.2, 0.25) is 11.8 Å². The van der Waals surface area contributed by atoms with Crippen molar-refractivity contribution in [1.82, 2.24) is 16.0 Å². The molecular formula is C13H25N3O3. The molecular weight excluding hydrogens is 246 g/mol. The maximum atomic E-state index is 12.2. The molecule has 19 heavy (non-hydrogen) atoms. The average molecular weight is 271 g/mol. The van der Waals surface area contributed by atoms with Crippen LogP contribution in [-0.4, -0.2) is 50.7 Å². The molecule has 0 saturated carbocycles. The molecule has 0 aliphatic carbocycles. The van der Waals surface area contributed by atoms with E-state index >= 15 is 0 Å². The van der Waals surface area contributed by atoms with Gasteiger partial charge in [-0.3, -0.25) is 9.59 Å². The van der Waals surface area contributed by atoms with E-state index in [4.69, 9.17) is 4.74 Å². The van der Waals surface area contributed by atoms with Gasteiger partial charge in [0, 0.05) is 19.7 Å². The summed E-state index contributed by atoms with van der Waals surface area (Å²) >= 11 is 0. The highest BCUT2D eigenvalue weighted by Gasteiger charge is 2.26. The van der Waals surface area contributed by atoms with E-state index < -0.39 is 6.04 Å². The Morgan fingerprint density at radius 1 is 1.42 bits per heavy atom. The van der Waals surface area contributed by atoms with Crippen molar-refractivity contribution in [2.24, 2.45) is 5.92 Å². The number of amides is 2. The molecule has 0 radical (unpaired) electrons. The second kappa shape index (κ2) is 8.12. The Morgan fingerprint density at radius 2 is 2.16 bits per heavy atom. The SMILES string of the molecule is COCC(=O)N[C@H](C(=O)N[C@H]1CCCNC1)C(C)C. The zero-order valence-corrected chi connectivity index (χ0v) is 12.0. The van der Waals surface area contributed by atoms with Gasteiger partial charge in [0.25, 0.3) is 0 Å². The smallest absolute Gasteiger partial charge is 0.246 e. The minimum atomic E-state index is -0.510. The van der Waals surface area contributed by atoms with Gasteiger partial charge in [-0.05, 0) is 25.3 Å². The Hall–Kier alpha value is -1.14. The van der Waals surface area contributed by atoms with Crippen LogP contribution in [0.3, 0.4) is 0 Å². The van der Waals surface area contributed by atoms with Crippen molar-refractivity contribution in [2.45, 2.75) is 38.8 Å². The maximum Gasteiger partial charge on any atom is 0.246 e. The van der Waals surface area contributed by atoms with E-state index in [0.717, 1.165) is 25.9 Å². The number of nitrogens with one attached hydrogen (secondary N) is 3. The molecule has 2 atom stereocenters. The van der Waals surface area contributed by atoms with Gasteiger partial charge in [0.1, 0.15) is 12.6 Å². The third-order valence-electron chi connectivity index (χ3n) is 3.18. The minimum absolute atomic E-state index is 0.0263. The zero-order valence-electron chi connectivity index (χ0n) is 12.0. The molecule has 0 aromatic heterocycles. The summed E-state index contributed by atoms with van der Waals surface area (Å²) in [5.41, 5.74) is 0. The lowest BCUT2D eigenvalue weighted by Gasteiger charge is -2.28. The van der Waals surface area contributed by atoms with Crippen LogP contribution in [-0.2, 0) is 14.3 Å². The number of ether oxygens (including phenoxy) is 1. The van der Waals surface area contributed by atoms with E-state index in [1.807, 2.05) is 13.8 Å². The first-order chi connectivity index (χ1) is 9.04. The Labute approximate surface area is 114 Å². The molecule has 1 aliphatic heterocycles. The summed E-state index contributed by atoms with van der Waals surface area (Å²) in [6, 6.07) is -0.355. The zero-order chi connectivity index (χ0) is 14.3. The van der Waals surface area contributed by atoms with E-state index in [1.54, 1.807) is 0 Å². The second-order valence-electron chi connectivity index (χ2n) is 5.27. The molecule has 1 aliphatic rings. The van der Waals surface area contributed by atoms with Crippen LogP contribution >= 0.6 is 0 Å². The van der Waals surface area contributed by atoms with Crippen molar-refractivity contribution in [3.63, 3.8) is 0 Å². The van der Waals surface area contributed by atoms with Crippen LogP contribution < -0.4 is 16.0 Å². The van der Waals surface area contributed by atoms with Crippen LogP contribution in [0.4, 0.5) is 0 Å². The molecule has 1 rings (SSSR count). The highest BCUT2D eigenvalue weighted by Crippen LogP contribution is 2.05.